The van der Waals surface area contributed by atoms with E-state index in [1.54, 1.807) is 12.3 Å². The molecule has 0 saturated heterocycles. The number of amides is 1. The number of nitrogens with two attached hydrogens (primary N) is 1. The molecule has 2 heterocycles. The monoisotopic (exact) mass is 198 g/mol. The van der Waals surface area contributed by atoms with Gasteiger partial charge in [-0.15, -0.1) is 12.4 Å². The molecule has 6 heteroatoms. The third-order valence-electron chi connectivity index (χ3n) is 1.59. The third kappa shape index (κ3) is 1.46. The predicted octanol–water partition coefficient (Wildman–Crippen LogP) is 0.479. The Hall–Kier alpha value is -1.62. The Morgan fingerprint density at radius 3 is 2.92 bits per heavy atom. The Morgan fingerprint density at radius 2 is 2.23 bits per heavy atom. The summed E-state index contributed by atoms with van der Waals surface area (Å²) in [5.74, 6) is -0.540. The fourth-order valence-electron chi connectivity index (χ4n) is 1.07. The number of nitrogens with one attached hydrogen (secondary N) is 1. The van der Waals surface area contributed by atoms with Crippen LogP contribution in [0.25, 0.3) is 11.0 Å². The van der Waals surface area contributed by atoms with Crippen LogP contribution in [0.3, 0.4) is 0 Å². The highest BCUT2D eigenvalue weighted by Gasteiger charge is 2.08. The molecule has 13 heavy (non-hydrogen) atoms. The molecule has 2 aromatic rings. The number of hydrogen-bond acceptors (Lipinski definition) is 3. The number of halogens is 1. The summed E-state index contributed by atoms with van der Waals surface area (Å²) >= 11 is 0. The van der Waals surface area contributed by atoms with Gasteiger partial charge in [-0.3, -0.25) is 4.79 Å². The van der Waals surface area contributed by atoms with Gasteiger partial charge in [0.1, 0.15) is 17.7 Å². The van der Waals surface area contributed by atoms with Crippen molar-refractivity contribution >= 4 is 29.3 Å². The quantitative estimate of drug-likeness (QED) is 0.699. The standard InChI is InChI=1S/C7H6N4O.ClH/c8-6(12)5-4-1-2-9-7(4)11-3-10-5;/h1-3H,(H2,8,12)(H,9,10,11);1H. The topological polar surface area (TPSA) is 84.7 Å². The van der Waals surface area contributed by atoms with Gasteiger partial charge in [-0.25, -0.2) is 9.97 Å². The summed E-state index contributed by atoms with van der Waals surface area (Å²) in [6.45, 7) is 0. The van der Waals surface area contributed by atoms with Crippen LogP contribution in [0.1, 0.15) is 10.5 Å². The molecule has 0 saturated carbocycles. The second kappa shape index (κ2) is 3.40. The van der Waals surface area contributed by atoms with Crippen molar-refractivity contribution in [3.8, 4) is 0 Å². The lowest BCUT2D eigenvalue weighted by atomic mass is 10.3. The minimum Gasteiger partial charge on any atom is -0.364 e. The van der Waals surface area contributed by atoms with E-state index in [-0.39, 0.29) is 18.1 Å². The fourth-order valence-corrected chi connectivity index (χ4v) is 1.07. The highest BCUT2D eigenvalue weighted by molar-refractivity contribution is 6.02. The predicted molar refractivity (Wildman–Crippen MR) is 49.7 cm³/mol. The van der Waals surface area contributed by atoms with Crippen LogP contribution in [-0.2, 0) is 0 Å². The number of hydrogen-bond donors (Lipinski definition) is 2. The number of carbonyl (C=O) groups excluding carboxylic acids is 1. The molecule has 0 bridgehead atoms. The summed E-state index contributed by atoms with van der Waals surface area (Å²) in [4.78, 5) is 21.4. The van der Waals surface area contributed by atoms with Crippen LogP contribution in [-0.4, -0.2) is 20.9 Å². The normalized spacial score (nSPS) is 9.54. The molecule has 0 aliphatic rings. The Bertz CT molecular complexity index is 439. The van der Waals surface area contributed by atoms with Crippen molar-refractivity contribution in [2.75, 3.05) is 0 Å². The van der Waals surface area contributed by atoms with E-state index in [1.807, 2.05) is 0 Å². The smallest absolute Gasteiger partial charge is 0.268 e. The molecule has 0 aliphatic carbocycles. The number of H-pyrrole nitrogens is 1. The van der Waals surface area contributed by atoms with Crippen LogP contribution in [0.5, 0.6) is 0 Å². The molecule has 2 aromatic heterocycles. The molecule has 0 unspecified atom stereocenters. The van der Waals surface area contributed by atoms with Crippen LogP contribution < -0.4 is 5.73 Å². The summed E-state index contributed by atoms with van der Waals surface area (Å²) in [6, 6.07) is 1.72. The van der Waals surface area contributed by atoms with Crippen LogP contribution in [0.15, 0.2) is 18.6 Å². The van der Waals surface area contributed by atoms with Gasteiger partial charge in [0, 0.05) is 6.20 Å². The maximum Gasteiger partial charge on any atom is 0.268 e. The molecule has 0 aliphatic heterocycles. The first kappa shape index (κ1) is 9.47. The summed E-state index contributed by atoms with van der Waals surface area (Å²) in [6.07, 6.45) is 2.99. The van der Waals surface area contributed by atoms with Crippen LogP contribution >= 0.6 is 12.4 Å². The highest BCUT2D eigenvalue weighted by Crippen LogP contribution is 2.11. The SMILES string of the molecule is Cl.NC(=O)c1ncnc2[nH]ccc12. The first-order valence-electron chi connectivity index (χ1n) is 3.37. The number of aromatic nitrogens is 3. The van der Waals surface area contributed by atoms with Gasteiger partial charge in [0.25, 0.3) is 5.91 Å². The van der Waals surface area contributed by atoms with E-state index in [4.69, 9.17) is 5.73 Å². The van der Waals surface area contributed by atoms with Gasteiger partial charge in [-0.2, -0.15) is 0 Å². The van der Waals surface area contributed by atoms with Crippen molar-refractivity contribution in [1.82, 2.24) is 15.0 Å². The van der Waals surface area contributed by atoms with Crippen molar-refractivity contribution in [2.45, 2.75) is 0 Å². The van der Waals surface area contributed by atoms with Gasteiger partial charge < -0.3 is 10.7 Å². The largest absolute Gasteiger partial charge is 0.364 e. The zero-order valence-corrected chi connectivity index (χ0v) is 7.34. The average Bonchev–Trinajstić information content (AvgIpc) is 2.49. The molecular weight excluding hydrogens is 192 g/mol. The van der Waals surface area contributed by atoms with Crippen LogP contribution in [0.2, 0.25) is 0 Å². The Balaban J connectivity index is 0.000000845. The van der Waals surface area contributed by atoms with Crippen LogP contribution in [0, 0.1) is 0 Å². The number of aromatic amines is 1. The summed E-state index contributed by atoms with van der Waals surface area (Å²) < 4.78 is 0. The molecule has 0 spiro atoms. The van der Waals surface area contributed by atoms with Gasteiger partial charge >= 0.3 is 0 Å². The van der Waals surface area contributed by atoms with Gasteiger partial charge in [0.15, 0.2) is 0 Å². The zero-order chi connectivity index (χ0) is 8.55. The first-order chi connectivity index (χ1) is 5.79. The maximum atomic E-state index is 10.8. The maximum absolute atomic E-state index is 10.8. The Labute approximate surface area is 79.8 Å². The molecule has 2 rings (SSSR count). The molecule has 3 N–H and O–H groups in total. The van der Waals surface area contributed by atoms with Crippen molar-refractivity contribution in [3.63, 3.8) is 0 Å². The number of rotatable bonds is 1. The van der Waals surface area contributed by atoms with E-state index in [2.05, 4.69) is 15.0 Å². The molecular formula is C7H7ClN4O. The molecule has 0 fully saturated rings. The first-order valence-corrected chi connectivity index (χ1v) is 3.37. The lowest BCUT2D eigenvalue weighted by Gasteiger charge is -1.94. The summed E-state index contributed by atoms with van der Waals surface area (Å²) in [7, 11) is 0. The number of fused-ring (bicyclic) bond motifs is 1. The van der Waals surface area contributed by atoms with Crippen molar-refractivity contribution in [1.29, 1.82) is 0 Å². The van der Waals surface area contributed by atoms with E-state index in [1.165, 1.54) is 6.33 Å². The average molecular weight is 199 g/mol. The second-order valence-electron chi connectivity index (χ2n) is 2.33. The van der Waals surface area contributed by atoms with E-state index < -0.39 is 5.91 Å². The second-order valence-corrected chi connectivity index (χ2v) is 2.33. The van der Waals surface area contributed by atoms with E-state index in [0.717, 1.165) is 0 Å². The van der Waals surface area contributed by atoms with Gasteiger partial charge in [-0.05, 0) is 6.07 Å². The number of nitrogens with zero attached hydrogens (tertiary/aromatic N) is 2. The molecule has 0 radical (unpaired) electrons. The van der Waals surface area contributed by atoms with Crippen LogP contribution in [0.4, 0.5) is 0 Å². The lowest BCUT2D eigenvalue weighted by Crippen LogP contribution is -2.13. The van der Waals surface area contributed by atoms with Gasteiger partial charge in [-0.1, -0.05) is 0 Å². The highest BCUT2D eigenvalue weighted by atomic mass is 35.5. The number of primary amides is 1. The van der Waals surface area contributed by atoms with E-state index in [9.17, 15) is 4.79 Å². The third-order valence-corrected chi connectivity index (χ3v) is 1.59. The van der Waals surface area contributed by atoms with E-state index >= 15 is 0 Å². The fraction of sp³-hybridized carbons (Fsp3) is 0. The molecule has 68 valence electrons. The minimum atomic E-state index is -0.540. The summed E-state index contributed by atoms with van der Waals surface area (Å²) in [5.41, 5.74) is 5.97. The van der Waals surface area contributed by atoms with Crippen molar-refractivity contribution < 1.29 is 4.79 Å². The zero-order valence-electron chi connectivity index (χ0n) is 6.52. The minimum absolute atomic E-state index is 0. The van der Waals surface area contributed by atoms with Gasteiger partial charge in [0.2, 0.25) is 0 Å². The molecule has 0 atom stereocenters. The van der Waals surface area contributed by atoms with E-state index in [0.29, 0.717) is 11.0 Å². The van der Waals surface area contributed by atoms with Crippen molar-refractivity contribution in [3.05, 3.63) is 24.3 Å². The molecule has 1 amide bonds. The molecule has 0 aromatic carbocycles. The van der Waals surface area contributed by atoms with Crippen molar-refractivity contribution in [2.24, 2.45) is 5.73 Å². The molecule has 5 nitrogen and oxygen atoms in total. The Kier molecular flexibility index (Phi) is 2.48. The Morgan fingerprint density at radius 1 is 1.46 bits per heavy atom. The summed E-state index contributed by atoms with van der Waals surface area (Å²) in [5, 5.41) is 0.657. The lowest BCUT2D eigenvalue weighted by molar-refractivity contribution is 0.0997. The number of carbonyl (C=O) groups is 1. The van der Waals surface area contributed by atoms with Gasteiger partial charge in [0.05, 0.1) is 5.39 Å².